The van der Waals surface area contributed by atoms with E-state index in [9.17, 15) is 9.59 Å². The van der Waals surface area contributed by atoms with E-state index < -0.39 is 5.97 Å². The van der Waals surface area contributed by atoms with Crippen molar-refractivity contribution in [1.29, 1.82) is 0 Å². The van der Waals surface area contributed by atoms with Crippen LogP contribution in [0.3, 0.4) is 0 Å². The fraction of sp³-hybridized carbons (Fsp3) is 0.643. The molecule has 0 N–H and O–H groups in total. The van der Waals surface area contributed by atoms with Crippen LogP contribution in [0.25, 0.3) is 0 Å². The average Bonchev–Trinajstić information content (AvgIpc) is 3.06. The molecule has 1 saturated heterocycles. The van der Waals surface area contributed by atoms with E-state index in [1.165, 1.54) is 0 Å². The predicted molar refractivity (Wildman–Crippen MR) is 80.7 cm³/mol. The van der Waals surface area contributed by atoms with Crippen LogP contribution in [0, 0.1) is 0 Å². The highest BCUT2D eigenvalue weighted by Crippen LogP contribution is 2.21. The van der Waals surface area contributed by atoms with Crippen LogP contribution >= 0.6 is 11.3 Å². The number of aromatic nitrogens is 1. The summed E-state index contributed by atoms with van der Waals surface area (Å²) in [4.78, 5) is 32.2. The van der Waals surface area contributed by atoms with E-state index in [1.807, 2.05) is 19.0 Å². The van der Waals surface area contributed by atoms with Gasteiger partial charge in [-0.3, -0.25) is 4.79 Å². The summed E-state index contributed by atoms with van der Waals surface area (Å²) in [7, 11) is 4.01. The Hall–Kier alpha value is -1.47. The monoisotopic (exact) mass is 311 g/mol. The Morgan fingerprint density at radius 2 is 2.29 bits per heavy atom. The maximum Gasteiger partial charge on any atom is 0.367 e. The molecule has 1 aliphatic rings. The number of likely N-dealkylation sites (tertiary alicyclic amines) is 1. The zero-order valence-electron chi connectivity index (χ0n) is 12.7. The largest absolute Gasteiger partial charge is 0.461 e. The topological polar surface area (TPSA) is 62.7 Å². The van der Waals surface area contributed by atoms with Crippen LogP contribution in [0.4, 0.5) is 0 Å². The lowest BCUT2D eigenvalue weighted by Crippen LogP contribution is -2.41. The number of thiazole rings is 1. The van der Waals surface area contributed by atoms with Crippen LogP contribution in [-0.4, -0.2) is 66.5 Å². The van der Waals surface area contributed by atoms with Gasteiger partial charge in [0.25, 0.3) is 5.91 Å². The minimum atomic E-state index is -0.465. The summed E-state index contributed by atoms with van der Waals surface area (Å²) in [5, 5.41) is 1.88. The fourth-order valence-electron chi connectivity index (χ4n) is 2.52. The Labute approximate surface area is 128 Å². The summed E-state index contributed by atoms with van der Waals surface area (Å²) in [6.07, 6.45) is 2.03. The number of carbonyl (C=O) groups excluding carboxylic acids is 2. The number of hydrogen-bond acceptors (Lipinski definition) is 6. The first-order chi connectivity index (χ1) is 10.0. The molecule has 1 aromatic rings. The first-order valence-electron chi connectivity index (χ1n) is 7.11. The third-order valence-corrected chi connectivity index (χ3v) is 4.21. The summed E-state index contributed by atoms with van der Waals surface area (Å²) in [5.74, 6) is -0.557. The molecule has 0 saturated carbocycles. The SMILES string of the molecule is CCOC(=O)c1nc(C(=O)N2CCCC2CN(C)C)cs1. The third-order valence-electron chi connectivity index (χ3n) is 3.39. The molecule has 0 bridgehead atoms. The molecule has 116 valence electrons. The molecular weight excluding hydrogens is 290 g/mol. The van der Waals surface area contributed by atoms with Crippen molar-refractivity contribution in [2.45, 2.75) is 25.8 Å². The van der Waals surface area contributed by atoms with E-state index in [2.05, 4.69) is 9.88 Å². The van der Waals surface area contributed by atoms with Crippen LogP contribution in [0.5, 0.6) is 0 Å². The molecule has 0 radical (unpaired) electrons. The lowest BCUT2D eigenvalue weighted by atomic mass is 10.2. The smallest absolute Gasteiger partial charge is 0.367 e. The first-order valence-corrected chi connectivity index (χ1v) is 7.99. The summed E-state index contributed by atoms with van der Waals surface area (Å²) in [6.45, 7) is 3.65. The van der Waals surface area contributed by atoms with Crippen molar-refractivity contribution in [3.63, 3.8) is 0 Å². The predicted octanol–water partition coefficient (Wildman–Crippen LogP) is 1.49. The van der Waals surface area contributed by atoms with Gasteiger partial charge in [0.15, 0.2) is 0 Å². The van der Waals surface area contributed by atoms with Crippen LogP contribution in [-0.2, 0) is 4.74 Å². The Morgan fingerprint density at radius 1 is 1.52 bits per heavy atom. The van der Waals surface area contributed by atoms with Gasteiger partial charge < -0.3 is 14.5 Å². The van der Waals surface area contributed by atoms with E-state index in [1.54, 1.807) is 12.3 Å². The second-order valence-corrected chi connectivity index (χ2v) is 6.17. The molecule has 1 amide bonds. The molecule has 1 aliphatic heterocycles. The molecule has 2 heterocycles. The van der Waals surface area contributed by atoms with Crippen molar-refractivity contribution in [3.05, 3.63) is 16.1 Å². The van der Waals surface area contributed by atoms with Crippen molar-refractivity contribution in [1.82, 2.24) is 14.8 Å². The van der Waals surface area contributed by atoms with Gasteiger partial charge in [-0.2, -0.15) is 0 Å². The molecule has 0 aromatic carbocycles. The van der Waals surface area contributed by atoms with Crippen LogP contribution in [0.2, 0.25) is 0 Å². The van der Waals surface area contributed by atoms with Gasteiger partial charge >= 0.3 is 5.97 Å². The maximum absolute atomic E-state index is 12.5. The zero-order chi connectivity index (χ0) is 15.4. The quantitative estimate of drug-likeness (QED) is 0.771. The van der Waals surface area contributed by atoms with Gasteiger partial charge in [0.2, 0.25) is 5.01 Å². The summed E-state index contributed by atoms with van der Waals surface area (Å²) < 4.78 is 4.90. The number of ether oxygens (including phenoxy) is 1. The number of nitrogens with zero attached hydrogens (tertiary/aromatic N) is 3. The third kappa shape index (κ3) is 3.79. The van der Waals surface area contributed by atoms with E-state index in [0.29, 0.717) is 12.3 Å². The maximum atomic E-state index is 12.5. The molecule has 2 rings (SSSR count). The number of likely N-dealkylation sites (N-methyl/N-ethyl adjacent to an activating group) is 1. The highest BCUT2D eigenvalue weighted by molar-refractivity contribution is 7.11. The molecule has 1 unspecified atom stereocenters. The number of carbonyl (C=O) groups is 2. The number of hydrogen-bond donors (Lipinski definition) is 0. The van der Waals surface area contributed by atoms with E-state index in [-0.39, 0.29) is 17.0 Å². The van der Waals surface area contributed by atoms with E-state index >= 15 is 0 Å². The van der Waals surface area contributed by atoms with Crippen molar-refractivity contribution < 1.29 is 14.3 Å². The molecule has 1 fully saturated rings. The van der Waals surface area contributed by atoms with Gasteiger partial charge in [0.05, 0.1) is 6.61 Å². The first kappa shape index (κ1) is 15.9. The second kappa shape index (κ2) is 7.00. The number of rotatable bonds is 5. The molecule has 1 aromatic heterocycles. The summed E-state index contributed by atoms with van der Waals surface area (Å²) in [5.41, 5.74) is 0.341. The molecule has 6 nitrogen and oxygen atoms in total. The zero-order valence-corrected chi connectivity index (χ0v) is 13.5. The molecular formula is C14H21N3O3S. The highest BCUT2D eigenvalue weighted by atomic mass is 32.1. The Morgan fingerprint density at radius 3 is 2.95 bits per heavy atom. The second-order valence-electron chi connectivity index (χ2n) is 5.32. The lowest BCUT2D eigenvalue weighted by Gasteiger charge is -2.26. The standard InChI is InChI=1S/C14H21N3O3S/c1-4-20-14(19)12-15-11(9-21-12)13(18)17-7-5-6-10(17)8-16(2)3/h9-10H,4-8H2,1-3H3. The molecule has 1 atom stereocenters. The summed E-state index contributed by atoms with van der Waals surface area (Å²) in [6, 6.07) is 0.222. The lowest BCUT2D eigenvalue weighted by molar-refractivity contribution is 0.0526. The highest BCUT2D eigenvalue weighted by Gasteiger charge is 2.31. The summed E-state index contributed by atoms with van der Waals surface area (Å²) >= 11 is 1.16. The Kier molecular flexibility index (Phi) is 5.30. The minimum absolute atomic E-state index is 0.0915. The van der Waals surface area contributed by atoms with Gasteiger partial charge in [0.1, 0.15) is 5.69 Å². The molecule has 0 spiro atoms. The van der Waals surface area contributed by atoms with Gasteiger partial charge in [0, 0.05) is 24.5 Å². The number of amides is 1. The van der Waals surface area contributed by atoms with Crippen LogP contribution < -0.4 is 0 Å². The fourth-order valence-corrected chi connectivity index (χ4v) is 3.20. The minimum Gasteiger partial charge on any atom is -0.461 e. The van der Waals surface area contributed by atoms with Gasteiger partial charge in [-0.1, -0.05) is 0 Å². The van der Waals surface area contributed by atoms with Crippen molar-refractivity contribution in [2.75, 3.05) is 33.8 Å². The molecule has 0 aliphatic carbocycles. The van der Waals surface area contributed by atoms with E-state index in [4.69, 9.17) is 4.74 Å². The van der Waals surface area contributed by atoms with Gasteiger partial charge in [-0.15, -0.1) is 11.3 Å². The van der Waals surface area contributed by atoms with Crippen molar-refractivity contribution in [2.24, 2.45) is 0 Å². The van der Waals surface area contributed by atoms with Crippen molar-refractivity contribution >= 4 is 23.2 Å². The average molecular weight is 311 g/mol. The molecule has 7 heteroatoms. The van der Waals surface area contributed by atoms with E-state index in [0.717, 1.165) is 37.3 Å². The Bertz CT molecular complexity index is 515. The number of esters is 1. The normalized spacial score (nSPS) is 18.3. The van der Waals surface area contributed by atoms with Gasteiger partial charge in [-0.05, 0) is 33.9 Å². The van der Waals surface area contributed by atoms with Crippen molar-refractivity contribution in [3.8, 4) is 0 Å². The van der Waals surface area contributed by atoms with Gasteiger partial charge in [-0.25, -0.2) is 9.78 Å². The Balaban J connectivity index is 2.07. The van der Waals surface area contributed by atoms with Crippen LogP contribution in [0.15, 0.2) is 5.38 Å². The van der Waals surface area contributed by atoms with Crippen LogP contribution in [0.1, 0.15) is 40.1 Å². The molecule has 21 heavy (non-hydrogen) atoms.